The number of carbonyl (C=O) groups is 1. The largest absolute Gasteiger partial charge is 0.484 e. The van der Waals surface area contributed by atoms with E-state index in [1.165, 1.54) is 11.3 Å². The molecule has 0 spiro atoms. The Kier molecular flexibility index (Phi) is 8.09. The zero-order valence-corrected chi connectivity index (χ0v) is 17.0. The van der Waals surface area contributed by atoms with Crippen LogP contribution in [0.15, 0.2) is 29.3 Å². The van der Waals surface area contributed by atoms with Gasteiger partial charge in [-0.2, -0.15) is 11.8 Å². The van der Waals surface area contributed by atoms with Gasteiger partial charge in [-0.3, -0.25) is 9.79 Å². The maximum absolute atomic E-state index is 11.6. The third kappa shape index (κ3) is 6.12. The second kappa shape index (κ2) is 10.3. The fourth-order valence-corrected chi connectivity index (χ4v) is 3.87. The van der Waals surface area contributed by atoms with E-state index in [-0.39, 0.29) is 12.5 Å². The van der Waals surface area contributed by atoms with Crippen LogP contribution in [0, 0.1) is 0 Å². The van der Waals surface area contributed by atoms with E-state index in [0.29, 0.717) is 17.5 Å². The van der Waals surface area contributed by atoms with Gasteiger partial charge in [0.15, 0.2) is 12.6 Å². The summed E-state index contributed by atoms with van der Waals surface area (Å²) in [6.07, 6.45) is 1.18. The molecule has 0 aromatic heterocycles. The summed E-state index contributed by atoms with van der Waals surface area (Å²) in [5, 5.41) is 4.12. The average molecular weight is 379 g/mol. The number of aliphatic imine (C=N–C) groups is 1. The van der Waals surface area contributed by atoms with Crippen LogP contribution >= 0.6 is 11.8 Å². The number of hydrogen-bond acceptors (Lipinski definition) is 4. The van der Waals surface area contributed by atoms with Gasteiger partial charge in [-0.05, 0) is 24.1 Å². The van der Waals surface area contributed by atoms with Crippen molar-refractivity contribution in [1.82, 2.24) is 15.1 Å². The molecular weight excluding hydrogens is 348 g/mol. The van der Waals surface area contributed by atoms with Gasteiger partial charge in [0.1, 0.15) is 5.75 Å². The van der Waals surface area contributed by atoms with Crippen LogP contribution in [0.2, 0.25) is 0 Å². The molecule has 0 saturated carbocycles. The first-order chi connectivity index (χ1) is 12.5. The molecule has 2 rings (SSSR count). The number of nitrogens with zero attached hydrogens (tertiary/aromatic N) is 3. The molecule has 1 amide bonds. The molecule has 1 aromatic carbocycles. The molecule has 6 nitrogen and oxygen atoms in total. The number of guanidine groups is 1. The second-order valence-electron chi connectivity index (χ2n) is 6.47. The smallest absolute Gasteiger partial charge is 0.259 e. The van der Waals surface area contributed by atoms with Crippen molar-refractivity contribution in [3.8, 4) is 5.75 Å². The van der Waals surface area contributed by atoms with Crippen molar-refractivity contribution in [3.05, 3.63) is 29.8 Å². The molecule has 0 bridgehead atoms. The quantitative estimate of drug-likeness (QED) is 0.607. The minimum Gasteiger partial charge on any atom is -0.484 e. The molecule has 0 aliphatic carbocycles. The highest BCUT2D eigenvalue weighted by Gasteiger charge is 2.21. The van der Waals surface area contributed by atoms with Gasteiger partial charge in [-0.25, -0.2) is 0 Å². The number of likely N-dealkylation sites (N-methyl/N-ethyl adjacent to an activating group) is 1. The lowest BCUT2D eigenvalue weighted by Crippen LogP contribution is -2.47. The highest BCUT2D eigenvalue weighted by atomic mass is 32.2. The molecule has 1 fully saturated rings. The third-order valence-corrected chi connectivity index (χ3v) is 5.69. The van der Waals surface area contributed by atoms with E-state index < -0.39 is 0 Å². The van der Waals surface area contributed by atoms with E-state index in [2.05, 4.69) is 22.1 Å². The predicted molar refractivity (Wildman–Crippen MR) is 109 cm³/mol. The van der Waals surface area contributed by atoms with Crippen molar-refractivity contribution in [3.63, 3.8) is 0 Å². The fourth-order valence-electron chi connectivity index (χ4n) is 2.69. The Balaban J connectivity index is 1.89. The Morgan fingerprint density at radius 3 is 2.96 bits per heavy atom. The number of thioether (sulfide) groups is 1. The summed E-state index contributed by atoms with van der Waals surface area (Å²) >= 11 is 2.05. The Morgan fingerprint density at radius 2 is 2.27 bits per heavy atom. The van der Waals surface area contributed by atoms with Crippen molar-refractivity contribution < 1.29 is 9.53 Å². The monoisotopic (exact) mass is 378 g/mol. The predicted octanol–water partition coefficient (Wildman–Crippen LogP) is 2.06. The first-order valence-corrected chi connectivity index (χ1v) is 10.1. The van der Waals surface area contributed by atoms with E-state index in [1.807, 2.05) is 43.1 Å². The average Bonchev–Trinajstić information content (AvgIpc) is 2.67. The van der Waals surface area contributed by atoms with E-state index in [9.17, 15) is 4.79 Å². The Labute approximate surface area is 161 Å². The van der Waals surface area contributed by atoms with Crippen LogP contribution in [0.25, 0.3) is 0 Å². The molecular formula is C19H30N4O2S. The van der Waals surface area contributed by atoms with Gasteiger partial charge in [0.2, 0.25) is 0 Å². The van der Waals surface area contributed by atoms with Crippen LogP contribution in [0.5, 0.6) is 5.75 Å². The molecule has 1 aromatic rings. The van der Waals surface area contributed by atoms with Gasteiger partial charge >= 0.3 is 0 Å². The molecule has 0 radical (unpaired) electrons. The standard InChI is InChI=1S/C19H30N4O2S/c1-5-17-13-23(9-10-26-17)19(20-2)21-12-15-7-6-8-16(11-15)25-14-18(24)22(3)4/h6-8,11,17H,5,9-10,12-14H2,1-4H3,(H,20,21). The minimum atomic E-state index is -0.0534. The number of carbonyl (C=O) groups excluding carboxylic acids is 1. The zero-order valence-electron chi connectivity index (χ0n) is 16.2. The normalized spacial score (nSPS) is 17.8. The topological polar surface area (TPSA) is 57.2 Å². The molecule has 1 atom stereocenters. The maximum Gasteiger partial charge on any atom is 0.259 e. The van der Waals surface area contributed by atoms with Crippen LogP contribution in [-0.4, -0.2) is 73.5 Å². The molecule has 1 N–H and O–H groups in total. The molecule has 144 valence electrons. The van der Waals surface area contributed by atoms with Gasteiger partial charge in [-0.1, -0.05) is 19.1 Å². The SMILES string of the molecule is CCC1CN(C(=NC)NCc2cccc(OCC(=O)N(C)C)c2)CCS1. The molecule has 1 heterocycles. The number of rotatable bonds is 6. The number of hydrogen-bond donors (Lipinski definition) is 1. The van der Waals surface area contributed by atoms with Crippen molar-refractivity contribution in [2.45, 2.75) is 25.1 Å². The van der Waals surface area contributed by atoms with Gasteiger partial charge < -0.3 is 19.9 Å². The molecule has 7 heteroatoms. The van der Waals surface area contributed by atoms with Crippen molar-refractivity contribution in [2.75, 3.05) is 46.6 Å². The van der Waals surface area contributed by atoms with E-state index in [1.54, 1.807) is 14.1 Å². The molecule has 1 unspecified atom stereocenters. The summed E-state index contributed by atoms with van der Waals surface area (Å²) < 4.78 is 5.59. The van der Waals surface area contributed by atoms with Gasteiger partial charge in [0, 0.05) is 51.8 Å². The number of ether oxygens (including phenoxy) is 1. The van der Waals surface area contributed by atoms with Gasteiger partial charge in [0.25, 0.3) is 5.91 Å². The summed E-state index contributed by atoms with van der Waals surface area (Å²) in [4.78, 5) is 19.9. The Morgan fingerprint density at radius 1 is 1.46 bits per heavy atom. The lowest BCUT2D eigenvalue weighted by atomic mass is 10.2. The lowest BCUT2D eigenvalue weighted by molar-refractivity contribution is -0.130. The first-order valence-electron chi connectivity index (χ1n) is 9.02. The summed E-state index contributed by atoms with van der Waals surface area (Å²) in [6, 6.07) is 7.82. The lowest BCUT2D eigenvalue weighted by Gasteiger charge is -2.34. The minimum absolute atomic E-state index is 0.0510. The Bertz CT molecular complexity index is 621. The van der Waals surface area contributed by atoms with E-state index in [4.69, 9.17) is 4.74 Å². The first kappa shape index (κ1) is 20.4. The van der Waals surface area contributed by atoms with Crippen LogP contribution < -0.4 is 10.1 Å². The summed E-state index contributed by atoms with van der Waals surface area (Å²) in [7, 11) is 5.27. The highest BCUT2D eigenvalue weighted by molar-refractivity contribution is 8.00. The van der Waals surface area contributed by atoms with Crippen molar-refractivity contribution >= 4 is 23.6 Å². The summed E-state index contributed by atoms with van der Waals surface area (Å²) in [6.45, 7) is 5.03. The van der Waals surface area contributed by atoms with Crippen molar-refractivity contribution in [1.29, 1.82) is 0 Å². The fraction of sp³-hybridized carbons (Fsp3) is 0.579. The highest BCUT2D eigenvalue weighted by Crippen LogP contribution is 2.21. The Hall–Kier alpha value is -1.89. The molecule has 1 saturated heterocycles. The second-order valence-corrected chi connectivity index (χ2v) is 7.88. The van der Waals surface area contributed by atoms with Gasteiger partial charge in [0.05, 0.1) is 0 Å². The van der Waals surface area contributed by atoms with Crippen LogP contribution in [0.4, 0.5) is 0 Å². The molecule has 26 heavy (non-hydrogen) atoms. The zero-order chi connectivity index (χ0) is 18.9. The summed E-state index contributed by atoms with van der Waals surface area (Å²) in [5.74, 6) is 2.73. The van der Waals surface area contributed by atoms with Gasteiger partial charge in [-0.15, -0.1) is 0 Å². The molecule has 1 aliphatic heterocycles. The molecule has 1 aliphatic rings. The van der Waals surface area contributed by atoms with E-state index in [0.717, 1.165) is 30.4 Å². The summed E-state index contributed by atoms with van der Waals surface area (Å²) in [5.41, 5.74) is 1.10. The third-order valence-electron chi connectivity index (χ3n) is 4.32. The van der Waals surface area contributed by atoms with Crippen molar-refractivity contribution in [2.24, 2.45) is 4.99 Å². The number of amides is 1. The van der Waals surface area contributed by atoms with Crippen LogP contribution in [-0.2, 0) is 11.3 Å². The number of nitrogens with one attached hydrogen (secondary N) is 1. The van der Waals surface area contributed by atoms with E-state index >= 15 is 0 Å². The maximum atomic E-state index is 11.6. The van der Waals surface area contributed by atoms with Crippen LogP contribution in [0.1, 0.15) is 18.9 Å². The van der Waals surface area contributed by atoms with Crippen LogP contribution in [0.3, 0.4) is 0 Å². The number of benzene rings is 1.